The lowest BCUT2D eigenvalue weighted by molar-refractivity contribution is -0.189. The van der Waals surface area contributed by atoms with E-state index in [1.165, 1.54) is 5.01 Å². The Kier molecular flexibility index (Phi) is 8.21. The number of methoxy groups -OCH3 is 1. The standard InChI is InChI=1S/C27H31N5O4/c1-3-14-30-20-25(33)31-23(17-21-10-6-4-7-11-21)26(34)29(15-16-36-2)19-24(31)32(30)27(35)28-18-22-12-8-5-9-13-22/h1,4-13,23-24H,14-20H2,2H3,(H,28,35)/t23-,24-/m0/s1. The molecule has 0 bridgehead atoms. The van der Waals surface area contributed by atoms with Gasteiger partial charge >= 0.3 is 6.03 Å². The Hall–Kier alpha value is -3.87. The number of hydrogen-bond acceptors (Lipinski definition) is 5. The van der Waals surface area contributed by atoms with Crippen LogP contribution in [0.15, 0.2) is 60.7 Å². The van der Waals surface area contributed by atoms with Crippen LogP contribution in [-0.4, -0.2) is 89.8 Å². The molecule has 1 N–H and O–H groups in total. The third-order valence-corrected chi connectivity index (χ3v) is 6.44. The van der Waals surface area contributed by atoms with Crippen molar-refractivity contribution in [3.8, 4) is 12.3 Å². The molecule has 188 valence electrons. The molecule has 4 rings (SSSR count). The first-order valence-electron chi connectivity index (χ1n) is 12.0. The van der Waals surface area contributed by atoms with Crippen LogP contribution in [0.5, 0.6) is 0 Å². The van der Waals surface area contributed by atoms with E-state index < -0.39 is 12.2 Å². The van der Waals surface area contributed by atoms with Crippen LogP contribution in [-0.2, 0) is 27.3 Å². The number of amides is 4. The Labute approximate surface area is 211 Å². The fourth-order valence-corrected chi connectivity index (χ4v) is 4.73. The second kappa shape index (κ2) is 11.7. The van der Waals surface area contributed by atoms with Gasteiger partial charge in [0.05, 0.1) is 26.2 Å². The van der Waals surface area contributed by atoms with E-state index in [2.05, 4.69) is 11.2 Å². The van der Waals surface area contributed by atoms with Crippen molar-refractivity contribution in [1.82, 2.24) is 25.1 Å². The number of piperazine rings is 1. The molecule has 2 aromatic carbocycles. The van der Waals surface area contributed by atoms with Gasteiger partial charge < -0.3 is 19.9 Å². The maximum absolute atomic E-state index is 13.5. The molecule has 0 aromatic heterocycles. The number of hydrogen-bond donors (Lipinski definition) is 1. The number of rotatable bonds is 8. The molecule has 0 spiro atoms. The van der Waals surface area contributed by atoms with E-state index in [9.17, 15) is 14.4 Å². The van der Waals surface area contributed by atoms with Gasteiger partial charge in [-0.25, -0.2) is 9.80 Å². The van der Waals surface area contributed by atoms with Gasteiger partial charge in [0.25, 0.3) is 0 Å². The molecular formula is C27H31N5O4. The molecule has 2 saturated heterocycles. The minimum absolute atomic E-state index is 0.0872. The SMILES string of the molecule is C#CCN1CC(=O)N2[C@@H](Cc3ccccc3)C(=O)N(CCOC)C[C@@H]2N1C(=O)NCc1ccccc1. The largest absolute Gasteiger partial charge is 0.383 e. The molecule has 0 radical (unpaired) electrons. The van der Waals surface area contributed by atoms with Crippen molar-refractivity contribution in [3.05, 3.63) is 71.8 Å². The molecular weight excluding hydrogens is 458 g/mol. The minimum Gasteiger partial charge on any atom is -0.383 e. The van der Waals surface area contributed by atoms with E-state index in [1.807, 2.05) is 60.7 Å². The monoisotopic (exact) mass is 489 g/mol. The number of terminal acetylenes is 1. The number of ether oxygens (including phenoxy) is 1. The maximum Gasteiger partial charge on any atom is 0.334 e. The quantitative estimate of drug-likeness (QED) is 0.566. The number of nitrogens with one attached hydrogen (secondary N) is 1. The average Bonchev–Trinajstić information content (AvgIpc) is 2.89. The highest BCUT2D eigenvalue weighted by atomic mass is 16.5. The number of nitrogens with zero attached hydrogens (tertiary/aromatic N) is 4. The predicted molar refractivity (Wildman–Crippen MR) is 134 cm³/mol. The lowest BCUT2D eigenvalue weighted by Gasteiger charge is -2.54. The lowest BCUT2D eigenvalue weighted by atomic mass is 9.99. The molecule has 9 heteroatoms. The summed E-state index contributed by atoms with van der Waals surface area (Å²) in [5.74, 6) is 2.16. The number of carbonyl (C=O) groups excluding carboxylic acids is 3. The van der Waals surface area contributed by atoms with Crippen LogP contribution < -0.4 is 5.32 Å². The van der Waals surface area contributed by atoms with Crippen LogP contribution in [0, 0.1) is 12.3 Å². The fourth-order valence-electron chi connectivity index (χ4n) is 4.73. The molecule has 4 amide bonds. The van der Waals surface area contributed by atoms with Crippen molar-refractivity contribution >= 4 is 17.8 Å². The smallest absolute Gasteiger partial charge is 0.334 e. The van der Waals surface area contributed by atoms with Gasteiger partial charge in [-0.3, -0.25) is 9.59 Å². The van der Waals surface area contributed by atoms with E-state index in [-0.39, 0.29) is 37.5 Å². The zero-order chi connectivity index (χ0) is 25.5. The van der Waals surface area contributed by atoms with E-state index in [1.54, 1.807) is 21.9 Å². The van der Waals surface area contributed by atoms with Crippen LogP contribution in [0.3, 0.4) is 0 Å². The number of fused-ring (bicyclic) bond motifs is 1. The first-order chi connectivity index (χ1) is 17.5. The first kappa shape index (κ1) is 25.2. The minimum atomic E-state index is -0.743. The number of hydrazine groups is 1. The van der Waals surface area contributed by atoms with Gasteiger partial charge in [0.15, 0.2) is 0 Å². The zero-order valence-electron chi connectivity index (χ0n) is 20.4. The summed E-state index contributed by atoms with van der Waals surface area (Å²) in [5.41, 5.74) is 1.88. The lowest BCUT2D eigenvalue weighted by Crippen LogP contribution is -2.76. The Morgan fingerprint density at radius 1 is 1.08 bits per heavy atom. The fraction of sp³-hybridized carbons (Fsp3) is 0.370. The molecule has 2 heterocycles. The summed E-state index contributed by atoms with van der Waals surface area (Å²) in [6.45, 7) is 1.19. The Morgan fingerprint density at radius 2 is 1.75 bits per heavy atom. The number of urea groups is 1. The highest BCUT2D eigenvalue weighted by molar-refractivity contribution is 5.91. The van der Waals surface area contributed by atoms with Crippen molar-refractivity contribution in [2.24, 2.45) is 0 Å². The Bertz CT molecular complexity index is 1100. The van der Waals surface area contributed by atoms with Gasteiger partial charge in [0.1, 0.15) is 12.2 Å². The Morgan fingerprint density at radius 3 is 2.39 bits per heavy atom. The molecule has 0 unspecified atom stereocenters. The van der Waals surface area contributed by atoms with Crippen LogP contribution in [0.4, 0.5) is 4.79 Å². The average molecular weight is 490 g/mol. The van der Waals surface area contributed by atoms with Crippen molar-refractivity contribution in [2.75, 3.05) is 39.9 Å². The summed E-state index contributed by atoms with van der Waals surface area (Å²) >= 11 is 0. The van der Waals surface area contributed by atoms with Crippen LogP contribution in [0.25, 0.3) is 0 Å². The van der Waals surface area contributed by atoms with Crippen LogP contribution >= 0.6 is 0 Å². The second-order valence-corrected chi connectivity index (χ2v) is 8.78. The number of benzene rings is 2. The molecule has 9 nitrogen and oxygen atoms in total. The third kappa shape index (κ3) is 5.51. The van der Waals surface area contributed by atoms with E-state index in [0.717, 1.165) is 11.1 Å². The molecule has 36 heavy (non-hydrogen) atoms. The molecule has 0 saturated carbocycles. The van der Waals surface area contributed by atoms with Gasteiger partial charge in [0, 0.05) is 26.6 Å². The molecule has 0 aliphatic carbocycles. The summed E-state index contributed by atoms with van der Waals surface area (Å²) in [5, 5.41) is 6.03. The van der Waals surface area contributed by atoms with E-state index in [0.29, 0.717) is 26.1 Å². The predicted octanol–water partition coefficient (Wildman–Crippen LogP) is 1.32. The summed E-state index contributed by atoms with van der Waals surface area (Å²) in [6.07, 6.45) is 5.24. The maximum atomic E-state index is 13.5. The van der Waals surface area contributed by atoms with Crippen molar-refractivity contribution in [3.63, 3.8) is 0 Å². The first-order valence-corrected chi connectivity index (χ1v) is 12.0. The van der Waals surface area contributed by atoms with Crippen LogP contribution in [0.1, 0.15) is 11.1 Å². The van der Waals surface area contributed by atoms with E-state index >= 15 is 0 Å². The van der Waals surface area contributed by atoms with Crippen molar-refractivity contribution < 1.29 is 19.1 Å². The zero-order valence-corrected chi connectivity index (χ0v) is 20.4. The van der Waals surface area contributed by atoms with Gasteiger partial charge in [-0.15, -0.1) is 6.42 Å². The van der Waals surface area contributed by atoms with E-state index in [4.69, 9.17) is 11.2 Å². The van der Waals surface area contributed by atoms with Gasteiger partial charge in [-0.2, -0.15) is 5.01 Å². The normalized spacial score (nSPS) is 20.2. The summed E-state index contributed by atoms with van der Waals surface area (Å²) < 4.78 is 5.22. The molecule has 2 aromatic rings. The van der Waals surface area contributed by atoms with Gasteiger partial charge in [-0.1, -0.05) is 66.6 Å². The second-order valence-electron chi connectivity index (χ2n) is 8.78. The highest BCUT2D eigenvalue weighted by Crippen LogP contribution is 2.28. The molecule has 2 fully saturated rings. The topological polar surface area (TPSA) is 85.4 Å². The summed E-state index contributed by atoms with van der Waals surface area (Å²) in [6, 6.07) is 18.0. The molecule has 2 aliphatic heterocycles. The highest BCUT2D eigenvalue weighted by Gasteiger charge is 2.51. The third-order valence-electron chi connectivity index (χ3n) is 6.44. The molecule has 2 aliphatic rings. The van der Waals surface area contributed by atoms with Crippen LogP contribution in [0.2, 0.25) is 0 Å². The van der Waals surface area contributed by atoms with Gasteiger partial charge in [0.2, 0.25) is 11.8 Å². The van der Waals surface area contributed by atoms with Crippen molar-refractivity contribution in [2.45, 2.75) is 25.2 Å². The summed E-state index contributed by atoms with van der Waals surface area (Å²) in [4.78, 5) is 43.7. The number of carbonyl (C=O) groups is 3. The van der Waals surface area contributed by atoms with Gasteiger partial charge in [-0.05, 0) is 11.1 Å². The summed E-state index contributed by atoms with van der Waals surface area (Å²) in [7, 11) is 1.57. The van der Waals surface area contributed by atoms with Crippen molar-refractivity contribution in [1.29, 1.82) is 0 Å². The Balaban J connectivity index is 1.65. The molecule has 2 atom stereocenters.